The van der Waals surface area contributed by atoms with E-state index in [1.807, 2.05) is 13.8 Å². The molecule has 0 aliphatic rings. The number of amides is 1. The number of halogens is 1. The topological polar surface area (TPSA) is 86.2 Å². The van der Waals surface area contributed by atoms with Gasteiger partial charge in [0.15, 0.2) is 0 Å². The highest BCUT2D eigenvalue weighted by Gasteiger charge is 2.16. The first-order valence-corrected chi connectivity index (χ1v) is 12.0. The van der Waals surface area contributed by atoms with Gasteiger partial charge in [0.05, 0.1) is 24.7 Å². The van der Waals surface area contributed by atoms with E-state index in [0.29, 0.717) is 46.6 Å². The van der Waals surface area contributed by atoms with E-state index in [9.17, 15) is 9.18 Å². The van der Waals surface area contributed by atoms with Crippen molar-refractivity contribution in [1.82, 2.24) is 14.3 Å². The summed E-state index contributed by atoms with van der Waals surface area (Å²) in [6, 6.07) is 11.4. The smallest absolute Gasteiger partial charge is 0.234 e. The van der Waals surface area contributed by atoms with Crippen molar-refractivity contribution in [2.24, 2.45) is 0 Å². The van der Waals surface area contributed by atoms with Crippen LogP contribution in [0.1, 0.15) is 13.8 Å². The number of nitrogens with zero attached hydrogens (tertiary/aromatic N) is 3. The highest BCUT2D eigenvalue weighted by atomic mass is 32.2. The molecule has 33 heavy (non-hydrogen) atoms. The van der Waals surface area contributed by atoms with Crippen LogP contribution in [0.5, 0.6) is 11.5 Å². The monoisotopic (exact) mass is 484 g/mol. The van der Waals surface area contributed by atoms with Crippen LogP contribution in [0.3, 0.4) is 0 Å². The zero-order valence-electron chi connectivity index (χ0n) is 18.0. The summed E-state index contributed by atoms with van der Waals surface area (Å²) in [5.74, 6) is 0.856. The Balaban J connectivity index is 1.49. The van der Waals surface area contributed by atoms with E-state index >= 15 is 0 Å². The minimum absolute atomic E-state index is 0.139. The van der Waals surface area contributed by atoms with Crippen LogP contribution in [0.15, 0.2) is 53.8 Å². The molecule has 1 amide bonds. The molecule has 7 nitrogen and oxygen atoms in total. The molecular formula is C23H21FN4O3S2. The zero-order chi connectivity index (χ0) is 23.2. The van der Waals surface area contributed by atoms with E-state index in [4.69, 9.17) is 9.47 Å². The molecule has 2 aromatic heterocycles. The number of hydrogen-bond acceptors (Lipinski definition) is 8. The number of fused-ring (bicyclic) bond motifs is 1. The van der Waals surface area contributed by atoms with Crippen LogP contribution in [0, 0.1) is 5.82 Å². The van der Waals surface area contributed by atoms with E-state index in [0.717, 1.165) is 10.3 Å². The van der Waals surface area contributed by atoms with Crippen LogP contribution in [-0.2, 0) is 4.79 Å². The van der Waals surface area contributed by atoms with Crippen LogP contribution >= 0.6 is 23.3 Å². The third-order valence-electron chi connectivity index (χ3n) is 4.52. The van der Waals surface area contributed by atoms with Gasteiger partial charge in [-0.3, -0.25) is 4.79 Å². The van der Waals surface area contributed by atoms with Crippen LogP contribution in [-0.4, -0.2) is 39.2 Å². The lowest BCUT2D eigenvalue weighted by Gasteiger charge is -2.13. The number of rotatable bonds is 9. The Morgan fingerprint density at radius 1 is 1.09 bits per heavy atom. The fourth-order valence-electron chi connectivity index (χ4n) is 3.11. The summed E-state index contributed by atoms with van der Waals surface area (Å²) < 4.78 is 29.7. The number of hydrogen-bond donors (Lipinski definition) is 1. The van der Waals surface area contributed by atoms with E-state index in [-0.39, 0.29) is 17.5 Å². The molecule has 0 atom stereocenters. The maximum Gasteiger partial charge on any atom is 0.234 e. The zero-order valence-corrected chi connectivity index (χ0v) is 19.6. The highest BCUT2D eigenvalue weighted by Crippen LogP contribution is 2.35. The fourth-order valence-corrected chi connectivity index (χ4v) is 4.83. The van der Waals surface area contributed by atoms with Crippen molar-refractivity contribution < 1.29 is 18.7 Å². The molecule has 0 bridgehead atoms. The Labute approximate surface area is 198 Å². The van der Waals surface area contributed by atoms with E-state index < -0.39 is 0 Å². The SMILES string of the molecule is CCOc1ccc(OCC)c(NC(=O)CSc2ncnc3c(-c4ccc(F)cc4)nsc23)c1. The van der Waals surface area contributed by atoms with Crippen molar-refractivity contribution in [2.45, 2.75) is 18.9 Å². The summed E-state index contributed by atoms with van der Waals surface area (Å²) in [6.45, 7) is 4.78. The second-order valence-electron chi connectivity index (χ2n) is 6.76. The first kappa shape index (κ1) is 22.9. The van der Waals surface area contributed by atoms with Gasteiger partial charge in [-0.25, -0.2) is 14.4 Å². The van der Waals surface area contributed by atoms with Crippen LogP contribution in [0.4, 0.5) is 10.1 Å². The van der Waals surface area contributed by atoms with Gasteiger partial charge in [0.1, 0.15) is 44.6 Å². The molecule has 1 N–H and O–H groups in total. The average Bonchev–Trinajstić information content (AvgIpc) is 3.25. The quantitative estimate of drug-likeness (QED) is 0.251. The number of carbonyl (C=O) groups is 1. The van der Waals surface area contributed by atoms with Gasteiger partial charge in [-0.05, 0) is 61.8 Å². The Hall–Kier alpha value is -3.24. The van der Waals surface area contributed by atoms with E-state index in [2.05, 4.69) is 19.7 Å². The molecule has 0 saturated carbocycles. The molecule has 10 heteroatoms. The number of benzene rings is 2. The first-order chi connectivity index (χ1) is 16.1. The van der Waals surface area contributed by atoms with Crippen molar-refractivity contribution >= 4 is 45.1 Å². The predicted molar refractivity (Wildman–Crippen MR) is 129 cm³/mol. The first-order valence-electron chi connectivity index (χ1n) is 10.3. The summed E-state index contributed by atoms with van der Waals surface area (Å²) >= 11 is 2.55. The normalized spacial score (nSPS) is 10.9. The second kappa shape index (κ2) is 10.6. The Morgan fingerprint density at radius 2 is 1.88 bits per heavy atom. The second-order valence-corrected chi connectivity index (χ2v) is 8.49. The Bertz CT molecular complexity index is 1260. The average molecular weight is 485 g/mol. The summed E-state index contributed by atoms with van der Waals surface area (Å²) in [5, 5.41) is 3.55. The molecule has 0 aliphatic heterocycles. The number of ether oxygens (including phenoxy) is 2. The van der Waals surface area contributed by atoms with Gasteiger partial charge in [-0.15, -0.1) is 0 Å². The molecular weight excluding hydrogens is 463 g/mol. The molecule has 2 heterocycles. The Kier molecular flexibility index (Phi) is 7.36. The van der Waals surface area contributed by atoms with Gasteiger partial charge >= 0.3 is 0 Å². The number of anilines is 1. The van der Waals surface area contributed by atoms with Crippen molar-refractivity contribution in [3.63, 3.8) is 0 Å². The molecule has 0 unspecified atom stereocenters. The van der Waals surface area contributed by atoms with Crippen LogP contribution in [0.2, 0.25) is 0 Å². The summed E-state index contributed by atoms with van der Waals surface area (Å²) in [4.78, 5) is 21.4. The predicted octanol–water partition coefficient (Wildman–Crippen LogP) is 5.42. The fraction of sp³-hybridized carbons (Fsp3) is 0.217. The van der Waals surface area contributed by atoms with Gasteiger partial charge in [0.25, 0.3) is 0 Å². The number of aromatic nitrogens is 3. The van der Waals surface area contributed by atoms with Crippen LogP contribution < -0.4 is 14.8 Å². The molecule has 2 aromatic carbocycles. The third kappa shape index (κ3) is 5.40. The standard InChI is InChI=1S/C23H21FN4O3S2/c1-3-30-16-9-10-18(31-4-2)17(11-16)27-19(29)12-32-23-22-21(25-13-26-23)20(28-33-22)14-5-7-15(24)8-6-14/h5-11,13H,3-4,12H2,1-2H3,(H,27,29). The maximum atomic E-state index is 13.3. The minimum Gasteiger partial charge on any atom is -0.494 e. The summed E-state index contributed by atoms with van der Waals surface area (Å²) in [7, 11) is 0. The van der Waals surface area contributed by atoms with Crippen LogP contribution in [0.25, 0.3) is 21.5 Å². The lowest BCUT2D eigenvalue weighted by atomic mass is 10.1. The third-order valence-corrected chi connectivity index (χ3v) is 6.48. The van der Waals surface area contributed by atoms with Crippen molar-refractivity contribution in [2.75, 3.05) is 24.3 Å². The molecule has 0 radical (unpaired) electrons. The molecule has 4 aromatic rings. The Morgan fingerprint density at radius 3 is 2.64 bits per heavy atom. The van der Waals surface area contributed by atoms with E-state index in [1.165, 1.54) is 41.8 Å². The van der Waals surface area contributed by atoms with Crippen molar-refractivity contribution in [1.29, 1.82) is 0 Å². The molecule has 0 aliphatic carbocycles. The maximum absolute atomic E-state index is 13.3. The van der Waals surface area contributed by atoms with Gasteiger partial charge in [0.2, 0.25) is 5.91 Å². The van der Waals surface area contributed by atoms with E-state index in [1.54, 1.807) is 30.3 Å². The number of carbonyl (C=O) groups excluding carboxylic acids is 1. The molecule has 0 saturated heterocycles. The lowest BCUT2D eigenvalue weighted by molar-refractivity contribution is -0.113. The minimum atomic E-state index is -0.311. The number of nitrogens with one attached hydrogen (secondary N) is 1. The van der Waals surface area contributed by atoms with Gasteiger partial charge < -0.3 is 14.8 Å². The molecule has 0 fully saturated rings. The van der Waals surface area contributed by atoms with Gasteiger partial charge in [0, 0.05) is 11.6 Å². The van der Waals surface area contributed by atoms with Gasteiger partial charge in [-0.1, -0.05) is 11.8 Å². The van der Waals surface area contributed by atoms with Gasteiger partial charge in [-0.2, -0.15) is 4.37 Å². The lowest BCUT2D eigenvalue weighted by Crippen LogP contribution is -2.15. The van der Waals surface area contributed by atoms with Crippen molar-refractivity contribution in [3.05, 3.63) is 54.6 Å². The highest BCUT2D eigenvalue weighted by molar-refractivity contribution is 8.00. The molecule has 170 valence electrons. The van der Waals surface area contributed by atoms with Crippen molar-refractivity contribution in [3.8, 4) is 22.8 Å². The summed E-state index contributed by atoms with van der Waals surface area (Å²) in [5.41, 5.74) is 2.66. The number of thioether (sulfide) groups is 1. The largest absolute Gasteiger partial charge is 0.494 e. The molecule has 0 spiro atoms. The summed E-state index contributed by atoms with van der Waals surface area (Å²) in [6.07, 6.45) is 1.45. The molecule has 4 rings (SSSR count).